The molecule has 0 aromatic heterocycles. The van der Waals surface area contributed by atoms with Crippen LogP contribution in [-0.2, 0) is 4.79 Å². The number of amidine groups is 1. The van der Waals surface area contributed by atoms with Crippen LogP contribution < -0.4 is 0 Å². The summed E-state index contributed by atoms with van der Waals surface area (Å²) >= 11 is 1.36. The summed E-state index contributed by atoms with van der Waals surface area (Å²) in [6.07, 6.45) is 0. The van der Waals surface area contributed by atoms with Gasteiger partial charge in [0.25, 0.3) is 5.69 Å². The number of hydrogen-bond donors (Lipinski definition) is 0. The summed E-state index contributed by atoms with van der Waals surface area (Å²) in [7, 11) is 1.67. The number of benzene rings is 1. The minimum absolute atomic E-state index is 0.0115. The van der Waals surface area contributed by atoms with Crippen molar-refractivity contribution >= 4 is 34.2 Å². The first-order chi connectivity index (χ1) is 8.49. The van der Waals surface area contributed by atoms with Crippen LogP contribution in [0.4, 0.5) is 11.4 Å². The lowest BCUT2D eigenvalue weighted by Crippen LogP contribution is -2.24. The highest BCUT2D eigenvalue weighted by molar-refractivity contribution is 8.15. The van der Waals surface area contributed by atoms with Gasteiger partial charge in [0.1, 0.15) is 0 Å². The zero-order chi connectivity index (χ0) is 13.3. The van der Waals surface area contributed by atoms with Crippen LogP contribution in [0.2, 0.25) is 0 Å². The maximum atomic E-state index is 11.3. The van der Waals surface area contributed by atoms with Gasteiger partial charge in [-0.25, -0.2) is 4.99 Å². The molecular formula is C11H11N3O3S. The molecule has 0 bridgehead atoms. The predicted octanol–water partition coefficient (Wildman–Crippen LogP) is 2.10. The van der Waals surface area contributed by atoms with Crippen molar-refractivity contribution < 1.29 is 9.72 Å². The SMILES string of the molecule is Cc1cc(N=C2SCC(=O)N2C)ccc1[N+](=O)[O-]. The van der Waals surface area contributed by atoms with Crippen LogP contribution in [0, 0.1) is 17.0 Å². The summed E-state index contributed by atoms with van der Waals surface area (Å²) in [5.74, 6) is 0.402. The molecule has 1 heterocycles. The lowest BCUT2D eigenvalue weighted by molar-refractivity contribution is -0.385. The highest BCUT2D eigenvalue weighted by atomic mass is 32.2. The first-order valence-electron chi connectivity index (χ1n) is 5.22. The minimum Gasteiger partial charge on any atom is -0.294 e. The van der Waals surface area contributed by atoms with Crippen molar-refractivity contribution in [1.82, 2.24) is 4.90 Å². The van der Waals surface area contributed by atoms with Crippen molar-refractivity contribution in [1.29, 1.82) is 0 Å². The fraction of sp³-hybridized carbons (Fsp3) is 0.273. The number of nitro groups is 1. The summed E-state index contributed by atoms with van der Waals surface area (Å²) in [5, 5.41) is 11.3. The maximum absolute atomic E-state index is 11.3. The number of nitro benzene ring substituents is 1. The normalized spacial score (nSPS) is 17.6. The lowest BCUT2D eigenvalue weighted by Gasteiger charge is -2.07. The van der Waals surface area contributed by atoms with Crippen LogP contribution in [0.5, 0.6) is 0 Å². The predicted molar refractivity (Wildman–Crippen MR) is 70.2 cm³/mol. The highest BCUT2D eigenvalue weighted by Gasteiger charge is 2.24. The zero-order valence-electron chi connectivity index (χ0n) is 9.91. The number of aryl methyl sites for hydroxylation is 1. The van der Waals surface area contributed by atoms with Gasteiger partial charge in [-0.3, -0.25) is 19.8 Å². The number of aliphatic imine (C=N–C) groups is 1. The largest absolute Gasteiger partial charge is 0.294 e. The number of hydrogen-bond acceptors (Lipinski definition) is 5. The third-order valence-corrected chi connectivity index (χ3v) is 3.60. The summed E-state index contributed by atoms with van der Waals surface area (Å²) in [4.78, 5) is 27.4. The fourth-order valence-corrected chi connectivity index (χ4v) is 2.47. The average Bonchev–Trinajstić information content (AvgIpc) is 2.61. The van der Waals surface area contributed by atoms with E-state index in [1.807, 2.05) is 0 Å². The Morgan fingerprint density at radius 1 is 1.50 bits per heavy atom. The van der Waals surface area contributed by atoms with Gasteiger partial charge in [0.15, 0.2) is 5.17 Å². The fourth-order valence-electron chi connectivity index (χ4n) is 1.56. The van der Waals surface area contributed by atoms with E-state index in [-0.39, 0.29) is 11.6 Å². The first kappa shape index (κ1) is 12.6. The van der Waals surface area contributed by atoms with Gasteiger partial charge < -0.3 is 0 Å². The highest BCUT2D eigenvalue weighted by Crippen LogP contribution is 2.26. The van der Waals surface area contributed by atoms with E-state index in [1.54, 1.807) is 26.1 Å². The Kier molecular flexibility index (Phi) is 3.33. The number of carbonyl (C=O) groups is 1. The average molecular weight is 265 g/mol. The Bertz CT molecular complexity index is 556. The first-order valence-corrected chi connectivity index (χ1v) is 6.20. The van der Waals surface area contributed by atoms with E-state index in [4.69, 9.17) is 0 Å². The van der Waals surface area contributed by atoms with E-state index >= 15 is 0 Å². The molecule has 0 N–H and O–H groups in total. The van der Waals surface area contributed by atoms with Crippen LogP contribution in [-0.4, -0.2) is 33.7 Å². The molecule has 1 aromatic carbocycles. The standard InChI is InChI=1S/C11H11N3O3S/c1-7-5-8(3-4-9(7)14(16)17)12-11-13(2)10(15)6-18-11/h3-5H,6H2,1-2H3. The Hall–Kier alpha value is -1.89. The van der Waals surface area contributed by atoms with E-state index in [2.05, 4.69) is 4.99 Å². The van der Waals surface area contributed by atoms with Crippen LogP contribution in [0.15, 0.2) is 23.2 Å². The maximum Gasteiger partial charge on any atom is 0.272 e. The number of carbonyl (C=O) groups excluding carboxylic acids is 1. The second-order valence-corrected chi connectivity index (χ2v) is 4.81. The molecule has 1 saturated heterocycles. The van der Waals surface area contributed by atoms with Gasteiger partial charge >= 0.3 is 0 Å². The van der Waals surface area contributed by atoms with E-state index in [0.29, 0.717) is 22.2 Å². The van der Waals surface area contributed by atoms with Gasteiger partial charge in [-0.05, 0) is 19.1 Å². The Labute approximate surface area is 108 Å². The summed E-state index contributed by atoms with van der Waals surface area (Å²) < 4.78 is 0. The van der Waals surface area contributed by atoms with Gasteiger partial charge in [-0.15, -0.1) is 0 Å². The molecule has 7 heteroatoms. The van der Waals surface area contributed by atoms with E-state index in [1.165, 1.54) is 22.7 Å². The summed E-state index contributed by atoms with van der Waals surface area (Å²) in [5.41, 5.74) is 1.24. The van der Waals surface area contributed by atoms with Crippen LogP contribution >= 0.6 is 11.8 Å². The van der Waals surface area contributed by atoms with Gasteiger partial charge in [-0.2, -0.15) is 0 Å². The van der Waals surface area contributed by atoms with E-state index in [0.717, 1.165) is 0 Å². The summed E-state index contributed by atoms with van der Waals surface area (Å²) in [6.45, 7) is 1.67. The molecule has 0 spiro atoms. The second kappa shape index (κ2) is 4.77. The molecule has 1 fully saturated rings. The number of thioether (sulfide) groups is 1. The summed E-state index contributed by atoms with van der Waals surface area (Å²) in [6, 6.07) is 4.65. The number of amides is 1. The molecule has 1 aliphatic rings. The van der Waals surface area contributed by atoms with Gasteiger partial charge in [-0.1, -0.05) is 11.8 Å². The van der Waals surface area contributed by atoms with Crippen LogP contribution in [0.1, 0.15) is 5.56 Å². The second-order valence-electron chi connectivity index (χ2n) is 3.86. The molecule has 2 rings (SSSR count). The molecule has 0 saturated carbocycles. The number of nitrogens with zero attached hydrogens (tertiary/aromatic N) is 3. The molecular weight excluding hydrogens is 254 g/mol. The quantitative estimate of drug-likeness (QED) is 0.606. The molecule has 94 valence electrons. The van der Waals surface area contributed by atoms with E-state index < -0.39 is 4.92 Å². The van der Waals surface area contributed by atoms with Crippen molar-refractivity contribution in [3.05, 3.63) is 33.9 Å². The zero-order valence-corrected chi connectivity index (χ0v) is 10.7. The smallest absolute Gasteiger partial charge is 0.272 e. The molecule has 0 aliphatic carbocycles. The van der Waals surface area contributed by atoms with Crippen molar-refractivity contribution in [2.24, 2.45) is 4.99 Å². The Balaban J connectivity index is 2.31. The van der Waals surface area contributed by atoms with Gasteiger partial charge in [0, 0.05) is 18.7 Å². The number of rotatable bonds is 2. The molecule has 1 amide bonds. The molecule has 0 unspecified atom stereocenters. The van der Waals surface area contributed by atoms with Gasteiger partial charge in [0.2, 0.25) is 5.91 Å². The minimum atomic E-state index is -0.424. The third kappa shape index (κ3) is 2.35. The lowest BCUT2D eigenvalue weighted by atomic mass is 10.2. The molecule has 0 radical (unpaired) electrons. The van der Waals surface area contributed by atoms with Crippen LogP contribution in [0.3, 0.4) is 0 Å². The molecule has 1 aromatic rings. The monoisotopic (exact) mass is 265 g/mol. The Morgan fingerprint density at radius 3 is 2.72 bits per heavy atom. The van der Waals surface area contributed by atoms with Gasteiger partial charge in [0.05, 0.1) is 16.4 Å². The van der Waals surface area contributed by atoms with Crippen molar-refractivity contribution in [2.45, 2.75) is 6.92 Å². The van der Waals surface area contributed by atoms with Crippen molar-refractivity contribution in [2.75, 3.05) is 12.8 Å². The van der Waals surface area contributed by atoms with E-state index in [9.17, 15) is 14.9 Å². The Morgan fingerprint density at radius 2 is 2.22 bits per heavy atom. The van der Waals surface area contributed by atoms with Crippen molar-refractivity contribution in [3.8, 4) is 0 Å². The topological polar surface area (TPSA) is 75.8 Å². The molecule has 6 nitrogen and oxygen atoms in total. The molecule has 18 heavy (non-hydrogen) atoms. The molecule has 1 aliphatic heterocycles. The third-order valence-electron chi connectivity index (χ3n) is 2.59. The van der Waals surface area contributed by atoms with Crippen molar-refractivity contribution in [3.63, 3.8) is 0 Å². The molecule has 0 atom stereocenters. The van der Waals surface area contributed by atoms with Crippen LogP contribution in [0.25, 0.3) is 0 Å².